The predicted octanol–water partition coefficient (Wildman–Crippen LogP) is 5.38. The first-order valence-electron chi connectivity index (χ1n) is 12.7. The summed E-state index contributed by atoms with van der Waals surface area (Å²) in [6.07, 6.45) is 1.47. The molecule has 2 heterocycles. The average Bonchev–Trinajstić information content (AvgIpc) is 3.49. The molecule has 8 heteroatoms. The van der Waals surface area contributed by atoms with Crippen molar-refractivity contribution in [3.8, 4) is 0 Å². The van der Waals surface area contributed by atoms with Crippen LogP contribution >= 0.6 is 11.3 Å². The van der Waals surface area contributed by atoms with Crippen molar-refractivity contribution in [1.82, 2.24) is 9.21 Å². The van der Waals surface area contributed by atoms with Gasteiger partial charge in [0, 0.05) is 24.6 Å². The van der Waals surface area contributed by atoms with Crippen molar-refractivity contribution in [1.29, 1.82) is 0 Å². The summed E-state index contributed by atoms with van der Waals surface area (Å²) in [5, 5.41) is 2.02. The molecule has 37 heavy (non-hydrogen) atoms. The van der Waals surface area contributed by atoms with Gasteiger partial charge in [0.15, 0.2) is 0 Å². The highest BCUT2D eigenvalue weighted by molar-refractivity contribution is 7.89. The molecule has 0 saturated carbocycles. The molecule has 1 saturated heterocycles. The fourth-order valence-corrected chi connectivity index (χ4v) is 7.75. The lowest BCUT2D eigenvalue weighted by Crippen LogP contribution is -2.45. The zero-order chi connectivity index (χ0) is 26.6. The third-order valence-corrected chi connectivity index (χ3v) is 9.94. The van der Waals surface area contributed by atoms with Gasteiger partial charge in [-0.3, -0.25) is 4.79 Å². The summed E-state index contributed by atoms with van der Waals surface area (Å²) in [6, 6.07) is 15.6. The van der Waals surface area contributed by atoms with Crippen molar-refractivity contribution in [3.05, 3.63) is 86.6 Å². The number of hydrogen-bond donors (Lipinski definition) is 0. The number of rotatable bonds is 10. The molecule has 1 atom stereocenters. The van der Waals surface area contributed by atoms with E-state index >= 15 is 0 Å². The molecule has 4 rings (SSSR count). The number of carbonyl (C=O) groups is 1. The molecular formula is C29H36N2O4S2. The molecular weight excluding hydrogens is 504 g/mol. The van der Waals surface area contributed by atoms with Crippen LogP contribution in [0, 0.1) is 27.7 Å². The van der Waals surface area contributed by atoms with Gasteiger partial charge in [0.05, 0.1) is 24.1 Å². The number of benzene rings is 2. The summed E-state index contributed by atoms with van der Waals surface area (Å²) in [7, 11) is -3.93. The van der Waals surface area contributed by atoms with Gasteiger partial charge in [0.25, 0.3) is 0 Å². The molecule has 1 amide bonds. The molecule has 0 spiro atoms. The second-order valence-electron chi connectivity index (χ2n) is 9.92. The van der Waals surface area contributed by atoms with Crippen LogP contribution in [0.3, 0.4) is 0 Å². The third-order valence-electron chi connectivity index (χ3n) is 6.82. The largest absolute Gasteiger partial charge is 0.377 e. The number of ether oxygens (including phenoxy) is 1. The van der Waals surface area contributed by atoms with Gasteiger partial charge in [-0.05, 0) is 74.2 Å². The first kappa shape index (κ1) is 27.5. The van der Waals surface area contributed by atoms with Gasteiger partial charge in [-0.15, -0.1) is 11.3 Å². The van der Waals surface area contributed by atoms with E-state index < -0.39 is 10.0 Å². The van der Waals surface area contributed by atoms with Gasteiger partial charge in [0.2, 0.25) is 15.9 Å². The van der Waals surface area contributed by atoms with Crippen molar-refractivity contribution in [3.63, 3.8) is 0 Å². The maximum Gasteiger partial charge on any atom is 0.244 e. The van der Waals surface area contributed by atoms with Crippen molar-refractivity contribution in [2.24, 2.45) is 0 Å². The molecule has 1 fully saturated rings. The smallest absolute Gasteiger partial charge is 0.244 e. The number of hydrogen-bond acceptors (Lipinski definition) is 5. The molecule has 1 aromatic heterocycles. The lowest BCUT2D eigenvalue weighted by Gasteiger charge is -2.29. The lowest BCUT2D eigenvalue weighted by atomic mass is 10.1. The minimum absolute atomic E-state index is 0.165. The van der Waals surface area contributed by atoms with Crippen molar-refractivity contribution in [2.75, 3.05) is 19.7 Å². The minimum atomic E-state index is -3.93. The highest BCUT2D eigenvalue weighted by Crippen LogP contribution is 2.27. The van der Waals surface area contributed by atoms with E-state index in [2.05, 4.69) is 0 Å². The van der Waals surface area contributed by atoms with Crippen LogP contribution in [0.1, 0.15) is 45.5 Å². The van der Waals surface area contributed by atoms with Gasteiger partial charge in [0.1, 0.15) is 0 Å². The van der Waals surface area contributed by atoms with Crippen LogP contribution in [0.2, 0.25) is 0 Å². The van der Waals surface area contributed by atoms with Crippen LogP contribution in [-0.4, -0.2) is 49.3 Å². The van der Waals surface area contributed by atoms with Gasteiger partial charge in [-0.2, -0.15) is 4.31 Å². The molecule has 1 unspecified atom stereocenters. The van der Waals surface area contributed by atoms with Crippen LogP contribution < -0.4 is 0 Å². The zero-order valence-electron chi connectivity index (χ0n) is 22.1. The normalized spacial score (nSPS) is 15.9. The molecule has 1 aliphatic heterocycles. The Bertz CT molecular complexity index is 1310. The molecule has 198 valence electrons. The monoisotopic (exact) mass is 540 g/mol. The van der Waals surface area contributed by atoms with Crippen molar-refractivity contribution >= 4 is 27.3 Å². The van der Waals surface area contributed by atoms with E-state index in [4.69, 9.17) is 4.74 Å². The zero-order valence-corrected chi connectivity index (χ0v) is 23.7. The topological polar surface area (TPSA) is 66.9 Å². The first-order chi connectivity index (χ1) is 17.6. The van der Waals surface area contributed by atoms with Crippen LogP contribution in [0.4, 0.5) is 0 Å². The van der Waals surface area contributed by atoms with E-state index in [9.17, 15) is 13.2 Å². The van der Waals surface area contributed by atoms with Gasteiger partial charge in [-0.1, -0.05) is 48.0 Å². The quantitative estimate of drug-likeness (QED) is 0.346. The van der Waals surface area contributed by atoms with Crippen molar-refractivity contribution in [2.45, 2.75) is 64.6 Å². The Morgan fingerprint density at radius 1 is 1.00 bits per heavy atom. The summed E-state index contributed by atoms with van der Waals surface area (Å²) in [4.78, 5) is 17.0. The van der Waals surface area contributed by atoms with Gasteiger partial charge >= 0.3 is 0 Å². The number of amides is 1. The molecule has 2 aromatic carbocycles. The van der Waals surface area contributed by atoms with Crippen molar-refractivity contribution < 1.29 is 17.9 Å². The number of sulfonamides is 1. The van der Waals surface area contributed by atoms with Crippen LogP contribution in [0.25, 0.3) is 0 Å². The molecule has 1 aliphatic rings. The molecule has 0 radical (unpaired) electrons. The van der Waals surface area contributed by atoms with Gasteiger partial charge in [-0.25, -0.2) is 8.42 Å². The van der Waals surface area contributed by atoms with E-state index in [1.54, 1.807) is 16.2 Å². The lowest BCUT2D eigenvalue weighted by molar-refractivity contribution is -0.132. The second kappa shape index (κ2) is 11.9. The Hall–Kier alpha value is -2.52. The Balaban J connectivity index is 1.66. The first-order valence-corrected chi connectivity index (χ1v) is 15.0. The number of thiophene rings is 1. The fourth-order valence-electron chi connectivity index (χ4n) is 4.99. The molecule has 6 nitrogen and oxygen atoms in total. The van der Waals surface area contributed by atoms with Crippen LogP contribution in [0.15, 0.2) is 58.8 Å². The SMILES string of the molecule is Cc1cc(C)c(S(=O)(=O)N(CC(=O)N(Cc2ccccc2)Cc2sccc2C)CC2CCCO2)c(C)c1. The van der Waals surface area contributed by atoms with E-state index in [0.717, 1.165) is 34.4 Å². The summed E-state index contributed by atoms with van der Waals surface area (Å²) >= 11 is 1.61. The Kier molecular flexibility index (Phi) is 8.85. The maximum absolute atomic E-state index is 14.1. The van der Waals surface area contributed by atoms with E-state index in [-0.39, 0.29) is 30.0 Å². The maximum atomic E-state index is 14.1. The molecule has 0 bridgehead atoms. The number of aryl methyl sites for hydroxylation is 4. The number of nitrogens with zero attached hydrogens (tertiary/aromatic N) is 2. The van der Waals surface area contributed by atoms with E-state index in [1.165, 1.54) is 4.31 Å². The average molecular weight is 541 g/mol. The Labute approximate surface area is 224 Å². The third kappa shape index (κ3) is 6.68. The summed E-state index contributed by atoms with van der Waals surface area (Å²) < 4.78 is 35.3. The Morgan fingerprint density at radius 2 is 1.70 bits per heavy atom. The van der Waals surface area contributed by atoms with Crippen LogP contribution in [-0.2, 0) is 32.6 Å². The Morgan fingerprint density at radius 3 is 2.30 bits per heavy atom. The summed E-state index contributed by atoms with van der Waals surface area (Å²) in [6.45, 7) is 9.03. The summed E-state index contributed by atoms with van der Waals surface area (Å²) in [5.41, 5.74) is 4.53. The predicted molar refractivity (Wildman–Crippen MR) is 148 cm³/mol. The fraction of sp³-hybridized carbons (Fsp3) is 0.414. The molecule has 3 aromatic rings. The van der Waals surface area contributed by atoms with Crippen LogP contribution in [0.5, 0.6) is 0 Å². The van der Waals surface area contributed by atoms with Gasteiger partial charge < -0.3 is 9.64 Å². The van der Waals surface area contributed by atoms with E-state index in [1.807, 2.05) is 81.6 Å². The molecule has 0 aliphatic carbocycles. The second-order valence-corrected chi connectivity index (χ2v) is 12.8. The standard InChI is InChI=1S/C29H36N2O4S2/c1-21-15-23(3)29(24(4)16-21)37(33,34)31(18-26-11-8-13-35-26)20-28(32)30(17-25-9-6-5-7-10-25)19-27-22(2)12-14-36-27/h5-7,9-10,12,14-16,26H,8,11,13,17-20H2,1-4H3. The number of carbonyl (C=O) groups excluding carboxylic acids is 1. The molecule has 0 N–H and O–H groups in total. The highest BCUT2D eigenvalue weighted by Gasteiger charge is 2.34. The summed E-state index contributed by atoms with van der Waals surface area (Å²) in [5.74, 6) is -0.222. The minimum Gasteiger partial charge on any atom is -0.377 e. The highest BCUT2D eigenvalue weighted by atomic mass is 32.2. The van der Waals surface area contributed by atoms with E-state index in [0.29, 0.717) is 30.8 Å².